The van der Waals surface area contributed by atoms with Gasteiger partial charge >= 0.3 is 0 Å². The zero-order chi connectivity index (χ0) is 15.5. The van der Waals surface area contributed by atoms with Crippen molar-refractivity contribution in [2.75, 3.05) is 0 Å². The van der Waals surface area contributed by atoms with E-state index in [9.17, 15) is 10.2 Å². The molecular weight excluding hydrogens is 286 g/mol. The molecule has 112 valence electrons. The summed E-state index contributed by atoms with van der Waals surface area (Å²) in [4.78, 5) is 0. The molecule has 0 amide bonds. The fourth-order valence-electron chi connectivity index (χ4n) is 2.30. The Hall–Kier alpha value is -1.55. The van der Waals surface area contributed by atoms with E-state index >= 15 is 0 Å². The summed E-state index contributed by atoms with van der Waals surface area (Å²) in [5, 5.41) is 20.3. The molecule has 0 saturated carbocycles. The van der Waals surface area contributed by atoms with Crippen LogP contribution in [0.25, 0.3) is 0 Å². The van der Waals surface area contributed by atoms with Crippen LogP contribution in [0.3, 0.4) is 0 Å². The van der Waals surface area contributed by atoms with E-state index in [1.807, 2.05) is 37.3 Å². The first-order valence-corrected chi connectivity index (χ1v) is 7.29. The monoisotopic (exact) mass is 305 g/mol. The molecular formula is C17H20ClNO2. The molecule has 0 aromatic heterocycles. The number of halogens is 1. The predicted molar refractivity (Wildman–Crippen MR) is 85.3 cm³/mol. The molecule has 4 heteroatoms. The third-order valence-corrected chi connectivity index (χ3v) is 4.10. The number of hydrogen-bond donors (Lipinski definition) is 3. The maximum Gasteiger partial charge on any atom is 0.120 e. The molecule has 0 radical (unpaired) electrons. The Morgan fingerprint density at radius 1 is 1.19 bits per heavy atom. The number of benzene rings is 2. The highest BCUT2D eigenvalue weighted by Crippen LogP contribution is 2.27. The Labute approximate surface area is 130 Å². The summed E-state index contributed by atoms with van der Waals surface area (Å²) in [5.74, 6) is -0.0357. The van der Waals surface area contributed by atoms with Crippen LogP contribution in [0, 0.1) is 5.92 Å². The van der Waals surface area contributed by atoms with Gasteiger partial charge in [-0.2, -0.15) is 0 Å². The summed E-state index contributed by atoms with van der Waals surface area (Å²) in [7, 11) is 0. The smallest absolute Gasteiger partial charge is 0.120 e. The molecule has 0 aliphatic rings. The van der Waals surface area contributed by atoms with E-state index in [0.29, 0.717) is 11.4 Å². The van der Waals surface area contributed by atoms with E-state index in [4.69, 9.17) is 17.3 Å². The van der Waals surface area contributed by atoms with E-state index in [1.54, 1.807) is 12.1 Å². The minimum Gasteiger partial charge on any atom is -0.508 e. The number of hydrogen-bond acceptors (Lipinski definition) is 3. The van der Waals surface area contributed by atoms with Crippen molar-refractivity contribution in [3.63, 3.8) is 0 Å². The van der Waals surface area contributed by atoms with E-state index in [1.165, 1.54) is 6.07 Å². The maximum atomic E-state index is 10.5. The Morgan fingerprint density at radius 2 is 1.86 bits per heavy atom. The van der Waals surface area contributed by atoms with Gasteiger partial charge in [-0.15, -0.1) is 0 Å². The van der Waals surface area contributed by atoms with Crippen LogP contribution in [0.5, 0.6) is 5.75 Å². The Balaban J connectivity index is 2.10. The van der Waals surface area contributed by atoms with Crippen LogP contribution in [0.2, 0.25) is 5.02 Å². The lowest BCUT2D eigenvalue weighted by atomic mass is 9.87. The van der Waals surface area contributed by atoms with Crippen molar-refractivity contribution in [3.05, 3.63) is 64.7 Å². The first-order valence-electron chi connectivity index (χ1n) is 6.91. The van der Waals surface area contributed by atoms with Crippen LogP contribution in [-0.4, -0.2) is 15.9 Å². The van der Waals surface area contributed by atoms with Crippen LogP contribution >= 0.6 is 11.6 Å². The van der Waals surface area contributed by atoms with Gasteiger partial charge in [0.1, 0.15) is 11.5 Å². The van der Waals surface area contributed by atoms with Crippen molar-refractivity contribution in [2.24, 2.45) is 11.7 Å². The summed E-state index contributed by atoms with van der Waals surface area (Å²) >= 11 is 6.07. The molecule has 2 aromatic rings. The summed E-state index contributed by atoms with van der Waals surface area (Å²) in [5.41, 5.74) is 6.57. The largest absolute Gasteiger partial charge is 0.508 e. The fourth-order valence-corrected chi connectivity index (χ4v) is 2.54. The van der Waals surface area contributed by atoms with Crippen molar-refractivity contribution < 1.29 is 10.2 Å². The van der Waals surface area contributed by atoms with Crippen molar-refractivity contribution >= 4 is 11.6 Å². The molecule has 1 unspecified atom stereocenters. The first-order chi connectivity index (χ1) is 9.88. The molecule has 0 fully saturated rings. The first kappa shape index (κ1) is 15.8. The van der Waals surface area contributed by atoms with Gasteiger partial charge in [-0.25, -0.2) is 0 Å². The van der Waals surface area contributed by atoms with Crippen molar-refractivity contribution in [2.45, 2.75) is 25.5 Å². The average molecular weight is 306 g/mol. The summed E-state index contributed by atoms with van der Waals surface area (Å²) in [6.07, 6.45) is 0.920. The molecule has 2 aromatic carbocycles. The van der Waals surface area contributed by atoms with Crippen LogP contribution in [0.4, 0.5) is 0 Å². The molecule has 21 heavy (non-hydrogen) atoms. The van der Waals surface area contributed by atoms with Crippen LogP contribution < -0.4 is 5.73 Å². The van der Waals surface area contributed by atoms with Gasteiger partial charge < -0.3 is 15.9 Å². The SMILES string of the molecule is CC(Cc1ccccc1)[C@](N)(O)Cc1ccc(O)cc1Cl. The molecule has 0 aliphatic carbocycles. The van der Waals surface area contributed by atoms with Gasteiger partial charge in [0, 0.05) is 17.4 Å². The maximum absolute atomic E-state index is 10.5. The normalized spacial score (nSPS) is 15.4. The lowest BCUT2D eigenvalue weighted by Crippen LogP contribution is -2.48. The highest BCUT2D eigenvalue weighted by molar-refractivity contribution is 6.31. The molecule has 0 aliphatic heterocycles. The summed E-state index contributed by atoms with van der Waals surface area (Å²) in [6, 6.07) is 14.6. The molecule has 2 atom stereocenters. The molecule has 0 bridgehead atoms. The topological polar surface area (TPSA) is 66.5 Å². The Kier molecular flexibility index (Phi) is 4.88. The second-order valence-electron chi connectivity index (χ2n) is 5.53. The highest BCUT2D eigenvalue weighted by Gasteiger charge is 2.30. The van der Waals surface area contributed by atoms with Crippen LogP contribution in [0.15, 0.2) is 48.5 Å². The average Bonchev–Trinajstić information content (AvgIpc) is 2.43. The summed E-state index contributed by atoms with van der Waals surface area (Å²) in [6.45, 7) is 1.92. The second-order valence-corrected chi connectivity index (χ2v) is 5.94. The molecule has 2 rings (SSSR count). The molecule has 0 saturated heterocycles. The summed E-state index contributed by atoms with van der Waals surface area (Å²) < 4.78 is 0. The number of aromatic hydroxyl groups is 1. The van der Waals surface area contributed by atoms with Gasteiger partial charge in [0.25, 0.3) is 0 Å². The number of rotatable bonds is 5. The van der Waals surface area contributed by atoms with Crippen molar-refractivity contribution in [1.82, 2.24) is 0 Å². The molecule has 4 N–H and O–H groups in total. The second kappa shape index (κ2) is 6.48. The van der Waals surface area contributed by atoms with E-state index in [2.05, 4.69) is 0 Å². The Morgan fingerprint density at radius 3 is 2.48 bits per heavy atom. The van der Waals surface area contributed by atoms with Gasteiger partial charge in [0.05, 0.1) is 0 Å². The predicted octanol–water partition coefficient (Wildman–Crippen LogP) is 3.11. The number of phenols is 1. The van der Waals surface area contributed by atoms with E-state index in [0.717, 1.165) is 11.1 Å². The molecule has 3 nitrogen and oxygen atoms in total. The van der Waals surface area contributed by atoms with Crippen LogP contribution in [-0.2, 0) is 12.8 Å². The lowest BCUT2D eigenvalue weighted by molar-refractivity contribution is -0.00558. The number of aliphatic hydroxyl groups is 1. The number of phenolic OH excluding ortho intramolecular Hbond substituents is 1. The standard InChI is InChI=1S/C17H20ClNO2/c1-12(9-13-5-3-2-4-6-13)17(19,21)11-14-7-8-15(20)10-16(14)18/h2-8,10,12,20-21H,9,11,19H2,1H3/t12?,17-/m1/s1. The highest BCUT2D eigenvalue weighted by atomic mass is 35.5. The minimum atomic E-state index is -1.36. The minimum absolute atomic E-state index is 0.0987. The third-order valence-electron chi connectivity index (χ3n) is 3.75. The van der Waals surface area contributed by atoms with Gasteiger partial charge in [0.2, 0.25) is 0 Å². The fraction of sp³-hybridized carbons (Fsp3) is 0.294. The van der Waals surface area contributed by atoms with Gasteiger partial charge in [-0.3, -0.25) is 0 Å². The van der Waals surface area contributed by atoms with Gasteiger partial charge in [-0.1, -0.05) is 54.9 Å². The Bertz CT molecular complexity index is 599. The third kappa shape index (κ3) is 4.21. The van der Waals surface area contributed by atoms with E-state index in [-0.39, 0.29) is 18.1 Å². The zero-order valence-corrected chi connectivity index (χ0v) is 12.7. The van der Waals surface area contributed by atoms with E-state index < -0.39 is 5.72 Å². The molecule has 0 heterocycles. The van der Waals surface area contributed by atoms with Crippen LogP contribution in [0.1, 0.15) is 18.1 Å². The lowest BCUT2D eigenvalue weighted by Gasteiger charge is -2.30. The van der Waals surface area contributed by atoms with Crippen molar-refractivity contribution in [1.29, 1.82) is 0 Å². The van der Waals surface area contributed by atoms with Gasteiger partial charge in [0.15, 0.2) is 0 Å². The number of nitrogens with two attached hydrogens (primary N) is 1. The quantitative estimate of drug-likeness (QED) is 0.744. The molecule has 0 spiro atoms. The van der Waals surface area contributed by atoms with Gasteiger partial charge in [-0.05, 0) is 29.7 Å². The zero-order valence-electron chi connectivity index (χ0n) is 12.0. The van der Waals surface area contributed by atoms with Crippen molar-refractivity contribution in [3.8, 4) is 5.75 Å².